The summed E-state index contributed by atoms with van der Waals surface area (Å²) in [6.07, 6.45) is 1.32. The lowest BCUT2D eigenvalue weighted by Gasteiger charge is -2.40. The molecule has 0 aliphatic carbocycles. The molecule has 2 rings (SSSR count). The smallest absolute Gasteiger partial charge is 0.0113 e. The van der Waals surface area contributed by atoms with Gasteiger partial charge in [-0.25, -0.2) is 0 Å². The van der Waals surface area contributed by atoms with Gasteiger partial charge in [0.15, 0.2) is 0 Å². The average molecular weight is 282 g/mol. The second kappa shape index (κ2) is 7.74. The van der Waals surface area contributed by atoms with Crippen molar-refractivity contribution in [3.8, 4) is 0 Å². The first-order chi connectivity index (χ1) is 9.56. The fourth-order valence-electron chi connectivity index (χ4n) is 3.32. The van der Waals surface area contributed by atoms with Crippen LogP contribution in [0.25, 0.3) is 0 Å². The molecule has 0 aromatic heterocycles. The summed E-state index contributed by atoms with van der Waals surface area (Å²) in [7, 11) is 2.23. The van der Waals surface area contributed by atoms with Gasteiger partial charge in [0, 0.05) is 64.4 Å². The molecule has 4 heteroatoms. The minimum atomic E-state index is 0.706. The monoisotopic (exact) mass is 282 g/mol. The van der Waals surface area contributed by atoms with Gasteiger partial charge in [-0.1, -0.05) is 0 Å². The minimum absolute atomic E-state index is 0.706. The molecule has 0 aromatic rings. The van der Waals surface area contributed by atoms with E-state index in [4.69, 9.17) is 0 Å². The van der Waals surface area contributed by atoms with Crippen LogP contribution in [0.3, 0.4) is 0 Å². The third kappa shape index (κ3) is 4.69. The summed E-state index contributed by atoms with van der Waals surface area (Å²) in [5, 5.41) is 0. The third-order valence-electron chi connectivity index (χ3n) is 5.16. The molecule has 2 aliphatic rings. The van der Waals surface area contributed by atoms with Gasteiger partial charge >= 0.3 is 0 Å². The zero-order valence-electron chi connectivity index (χ0n) is 14.0. The average Bonchev–Trinajstić information content (AvgIpc) is 2.46. The Morgan fingerprint density at radius 1 is 0.750 bits per heavy atom. The summed E-state index contributed by atoms with van der Waals surface area (Å²) in [5.74, 6) is 0. The van der Waals surface area contributed by atoms with E-state index in [-0.39, 0.29) is 0 Å². The van der Waals surface area contributed by atoms with Crippen LogP contribution < -0.4 is 0 Å². The summed E-state index contributed by atoms with van der Waals surface area (Å²) >= 11 is 0. The summed E-state index contributed by atoms with van der Waals surface area (Å²) in [6, 6.07) is 1.45. The summed E-state index contributed by atoms with van der Waals surface area (Å²) < 4.78 is 0. The molecule has 2 saturated heterocycles. The SMILES string of the molecule is CC(C)N1CCN(C(C)CCN2CCN(C)CC2)CC1. The van der Waals surface area contributed by atoms with Gasteiger partial charge in [-0.15, -0.1) is 0 Å². The van der Waals surface area contributed by atoms with Crippen LogP contribution in [0.5, 0.6) is 0 Å². The first-order valence-corrected chi connectivity index (χ1v) is 8.45. The van der Waals surface area contributed by atoms with Gasteiger partial charge < -0.3 is 9.80 Å². The van der Waals surface area contributed by atoms with Crippen LogP contribution in [0.1, 0.15) is 27.2 Å². The molecule has 20 heavy (non-hydrogen) atoms. The van der Waals surface area contributed by atoms with Crippen LogP contribution in [0.4, 0.5) is 0 Å². The molecule has 2 aliphatic heterocycles. The van der Waals surface area contributed by atoms with Gasteiger partial charge in [0.2, 0.25) is 0 Å². The molecule has 0 spiro atoms. The molecule has 0 radical (unpaired) electrons. The van der Waals surface area contributed by atoms with Gasteiger partial charge in [-0.2, -0.15) is 0 Å². The van der Waals surface area contributed by atoms with Crippen LogP contribution in [0.15, 0.2) is 0 Å². The standard InChI is InChI=1S/C16H34N4/c1-15(2)19-11-13-20(14-12-19)16(3)5-6-18-9-7-17(4)8-10-18/h15-16H,5-14H2,1-4H3. The predicted molar refractivity (Wildman–Crippen MR) is 86.3 cm³/mol. The number of hydrogen-bond acceptors (Lipinski definition) is 4. The quantitative estimate of drug-likeness (QED) is 0.747. The van der Waals surface area contributed by atoms with E-state index in [1.165, 1.54) is 65.3 Å². The molecule has 0 aromatic carbocycles. The van der Waals surface area contributed by atoms with Gasteiger partial charge in [0.05, 0.1) is 0 Å². The number of rotatable bonds is 5. The second-order valence-electron chi connectivity index (χ2n) is 6.95. The molecule has 1 unspecified atom stereocenters. The van der Waals surface area contributed by atoms with Gasteiger partial charge in [-0.05, 0) is 40.8 Å². The molecule has 118 valence electrons. The van der Waals surface area contributed by atoms with Crippen molar-refractivity contribution in [1.82, 2.24) is 19.6 Å². The summed E-state index contributed by atoms with van der Waals surface area (Å²) in [4.78, 5) is 10.4. The maximum absolute atomic E-state index is 2.69. The first kappa shape index (κ1) is 16.2. The van der Waals surface area contributed by atoms with Crippen molar-refractivity contribution in [3.63, 3.8) is 0 Å². The van der Waals surface area contributed by atoms with Gasteiger partial charge in [-0.3, -0.25) is 9.80 Å². The van der Waals surface area contributed by atoms with Crippen molar-refractivity contribution < 1.29 is 0 Å². The lowest BCUT2D eigenvalue weighted by molar-refractivity contribution is 0.0723. The predicted octanol–water partition coefficient (Wildman–Crippen LogP) is 1.04. The Morgan fingerprint density at radius 2 is 1.30 bits per heavy atom. The van der Waals surface area contributed by atoms with E-state index in [9.17, 15) is 0 Å². The van der Waals surface area contributed by atoms with E-state index in [0.29, 0.717) is 6.04 Å². The van der Waals surface area contributed by atoms with E-state index < -0.39 is 0 Å². The van der Waals surface area contributed by atoms with Crippen molar-refractivity contribution in [3.05, 3.63) is 0 Å². The Kier molecular flexibility index (Phi) is 6.27. The van der Waals surface area contributed by atoms with Crippen LogP contribution in [-0.2, 0) is 0 Å². The fourth-order valence-corrected chi connectivity index (χ4v) is 3.32. The first-order valence-electron chi connectivity index (χ1n) is 8.45. The van der Waals surface area contributed by atoms with E-state index in [0.717, 1.165) is 6.04 Å². The molecule has 2 fully saturated rings. The number of likely N-dealkylation sites (N-methyl/N-ethyl adjacent to an activating group) is 1. The topological polar surface area (TPSA) is 13.0 Å². The van der Waals surface area contributed by atoms with Crippen molar-refractivity contribution >= 4 is 0 Å². The van der Waals surface area contributed by atoms with Crippen molar-refractivity contribution in [1.29, 1.82) is 0 Å². The Balaban J connectivity index is 1.64. The second-order valence-corrected chi connectivity index (χ2v) is 6.95. The highest BCUT2D eigenvalue weighted by atomic mass is 15.3. The lowest BCUT2D eigenvalue weighted by atomic mass is 10.1. The number of piperazine rings is 2. The lowest BCUT2D eigenvalue weighted by Crippen LogP contribution is -2.52. The van der Waals surface area contributed by atoms with Crippen LogP contribution in [0.2, 0.25) is 0 Å². The Bertz CT molecular complexity index is 266. The van der Waals surface area contributed by atoms with E-state index in [1.54, 1.807) is 0 Å². The zero-order chi connectivity index (χ0) is 14.5. The maximum Gasteiger partial charge on any atom is 0.0113 e. The molecule has 0 N–H and O–H groups in total. The van der Waals surface area contributed by atoms with Crippen molar-refractivity contribution in [2.75, 3.05) is 66.0 Å². The highest BCUT2D eigenvalue weighted by molar-refractivity contribution is 4.79. The van der Waals surface area contributed by atoms with E-state index in [1.807, 2.05) is 0 Å². The van der Waals surface area contributed by atoms with Crippen molar-refractivity contribution in [2.45, 2.75) is 39.3 Å². The Morgan fingerprint density at radius 3 is 1.85 bits per heavy atom. The summed E-state index contributed by atoms with van der Waals surface area (Å²) in [5.41, 5.74) is 0. The largest absolute Gasteiger partial charge is 0.304 e. The molecule has 2 heterocycles. The van der Waals surface area contributed by atoms with Crippen LogP contribution in [-0.4, -0.2) is 97.6 Å². The van der Waals surface area contributed by atoms with E-state index in [2.05, 4.69) is 47.4 Å². The molecule has 4 nitrogen and oxygen atoms in total. The molecule has 1 atom stereocenters. The number of nitrogens with zero attached hydrogens (tertiary/aromatic N) is 4. The van der Waals surface area contributed by atoms with Crippen LogP contribution in [0, 0.1) is 0 Å². The normalized spacial score (nSPS) is 26.2. The molecule has 0 amide bonds. The number of hydrogen-bond donors (Lipinski definition) is 0. The van der Waals surface area contributed by atoms with Crippen LogP contribution >= 0.6 is 0 Å². The highest BCUT2D eigenvalue weighted by Crippen LogP contribution is 2.12. The summed E-state index contributed by atoms with van der Waals surface area (Å²) in [6.45, 7) is 18.3. The van der Waals surface area contributed by atoms with Gasteiger partial charge in [0.25, 0.3) is 0 Å². The maximum atomic E-state index is 2.69. The molecule has 0 saturated carbocycles. The minimum Gasteiger partial charge on any atom is -0.304 e. The molecular formula is C16H34N4. The van der Waals surface area contributed by atoms with Gasteiger partial charge in [0.1, 0.15) is 0 Å². The third-order valence-corrected chi connectivity index (χ3v) is 5.16. The molecule has 0 bridgehead atoms. The fraction of sp³-hybridized carbons (Fsp3) is 1.00. The highest BCUT2D eigenvalue weighted by Gasteiger charge is 2.23. The van der Waals surface area contributed by atoms with E-state index >= 15 is 0 Å². The Hall–Kier alpha value is -0.160. The Labute approximate surface area is 125 Å². The zero-order valence-corrected chi connectivity index (χ0v) is 14.0. The molecular weight excluding hydrogens is 248 g/mol. The van der Waals surface area contributed by atoms with Crippen molar-refractivity contribution in [2.24, 2.45) is 0 Å².